The summed E-state index contributed by atoms with van der Waals surface area (Å²) < 4.78 is 0. The lowest BCUT2D eigenvalue weighted by molar-refractivity contribution is 0.0697. The van der Waals surface area contributed by atoms with Crippen LogP contribution in [0.1, 0.15) is 48.7 Å². The summed E-state index contributed by atoms with van der Waals surface area (Å²) in [6.45, 7) is 5.73. The number of H-pyrrole nitrogens is 1. The first-order valence-corrected chi connectivity index (χ1v) is 8.74. The Kier molecular flexibility index (Phi) is 5.01. The highest BCUT2D eigenvalue weighted by Gasteiger charge is 2.23. The first-order valence-electron chi connectivity index (χ1n) is 8.74. The molecule has 4 heteroatoms. The largest absolute Gasteiger partial charge is 0.478 e. The topological polar surface area (TPSA) is 56.3 Å². The van der Waals surface area contributed by atoms with Crippen molar-refractivity contribution in [3.63, 3.8) is 0 Å². The summed E-state index contributed by atoms with van der Waals surface area (Å²) in [7, 11) is 0. The van der Waals surface area contributed by atoms with Crippen molar-refractivity contribution in [3.8, 4) is 0 Å². The molecule has 1 aliphatic heterocycles. The number of rotatable bonds is 6. The number of piperidine rings is 1. The minimum Gasteiger partial charge on any atom is -0.478 e. The number of carboxylic acids is 1. The molecule has 2 aromatic rings. The van der Waals surface area contributed by atoms with E-state index in [-0.39, 0.29) is 0 Å². The first kappa shape index (κ1) is 16.1. The van der Waals surface area contributed by atoms with Crippen molar-refractivity contribution < 1.29 is 9.90 Å². The number of carbonyl (C=O) groups is 1. The summed E-state index contributed by atoms with van der Waals surface area (Å²) in [6, 6.07) is 7.70. The Morgan fingerprint density at radius 2 is 2.04 bits per heavy atom. The van der Waals surface area contributed by atoms with Crippen molar-refractivity contribution in [1.29, 1.82) is 0 Å². The number of unbranched alkanes of at least 4 members (excludes halogenated alkanes) is 1. The molecule has 0 amide bonds. The fraction of sp³-hybridized carbons (Fsp3) is 0.526. The lowest BCUT2D eigenvalue weighted by Crippen LogP contribution is -2.35. The highest BCUT2D eigenvalue weighted by molar-refractivity contribution is 6.04. The molecule has 1 saturated heterocycles. The Hall–Kier alpha value is -1.81. The van der Waals surface area contributed by atoms with Crippen molar-refractivity contribution in [2.45, 2.75) is 39.0 Å². The molecule has 0 aliphatic carbocycles. The Morgan fingerprint density at radius 3 is 2.74 bits per heavy atom. The minimum absolute atomic E-state index is 0.467. The molecule has 1 aromatic heterocycles. The van der Waals surface area contributed by atoms with Crippen LogP contribution in [-0.4, -0.2) is 40.6 Å². The normalized spacial score (nSPS) is 16.9. The second kappa shape index (κ2) is 7.18. The monoisotopic (exact) mass is 314 g/mol. The van der Waals surface area contributed by atoms with Crippen LogP contribution in [0.15, 0.2) is 24.3 Å². The number of hydrogen-bond acceptors (Lipinski definition) is 2. The average molecular weight is 314 g/mol. The molecule has 0 bridgehead atoms. The third-order valence-electron chi connectivity index (χ3n) is 5.03. The molecule has 1 aromatic carbocycles. The Balaban J connectivity index is 1.70. The van der Waals surface area contributed by atoms with Gasteiger partial charge in [-0.15, -0.1) is 0 Å². The Labute approximate surface area is 137 Å². The van der Waals surface area contributed by atoms with Gasteiger partial charge in [-0.05, 0) is 57.3 Å². The number of aromatic nitrogens is 1. The Morgan fingerprint density at radius 1 is 1.30 bits per heavy atom. The second-order valence-electron chi connectivity index (χ2n) is 6.67. The van der Waals surface area contributed by atoms with E-state index in [0.717, 1.165) is 48.9 Å². The van der Waals surface area contributed by atoms with Crippen molar-refractivity contribution in [1.82, 2.24) is 9.88 Å². The highest BCUT2D eigenvalue weighted by Crippen LogP contribution is 2.28. The van der Waals surface area contributed by atoms with Gasteiger partial charge in [-0.3, -0.25) is 0 Å². The predicted octanol–water partition coefficient (Wildman–Crippen LogP) is 3.92. The van der Waals surface area contributed by atoms with Gasteiger partial charge in [0, 0.05) is 16.6 Å². The molecule has 2 heterocycles. The number of fused-ring (bicyclic) bond motifs is 1. The number of nitrogens with zero attached hydrogens (tertiary/aromatic N) is 1. The van der Waals surface area contributed by atoms with E-state index in [0.29, 0.717) is 11.5 Å². The number of hydrogen-bond donors (Lipinski definition) is 2. The standard InChI is InChI=1S/C19H26N2O2/c1-2-3-10-21-11-8-14(9-12-21)13-17-18(19(22)23)15-6-4-5-7-16(15)20-17/h4-7,14,20H,2-3,8-13H2,1H3,(H,22,23). The van der Waals surface area contributed by atoms with Crippen LogP contribution in [0.2, 0.25) is 0 Å². The molecule has 1 fully saturated rings. The van der Waals surface area contributed by atoms with Gasteiger partial charge >= 0.3 is 5.97 Å². The maximum atomic E-state index is 11.7. The van der Waals surface area contributed by atoms with Gasteiger partial charge in [-0.25, -0.2) is 4.79 Å². The van der Waals surface area contributed by atoms with Crippen LogP contribution in [0.3, 0.4) is 0 Å². The number of para-hydroxylation sites is 1. The maximum absolute atomic E-state index is 11.7. The fourth-order valence-corrected chi connectivity index (χ4v) is 3.68. The number of benzene rings is 1. The SMILES string of the molecule is CCCCN1CCC(Cc2[nH]c3ccccc3c2C(=O)O)CC1. The number of likely N-dealkylation sites (tertiary alicyclic amines) is 1. The zero-order chi connectivity index (χ0) is 16.2. The van der Waals surface area contributed by atoms with E-state index in [1.54, 1.807) is 0 Å². The predicted molar refractivity (Wildman–Crippen MR) is 93.0 cm³/mol. The van der Waals surface area contributed by atoms with Gasteiger partial charge in [0.15, 0.2) is 0 Å². The van der Waals surface area contributed by atoms with E-state index in [1.807, 2.05) is 24.3 Å². The van der Waals surface area contributed by atoms with Crippen molar-refractivity contribution in [2.24, 2.45) is 5.92 Å². The molecule has 2 N–H and O–H groups in total. The highest BCUT2D eigenvalue weighted by atomic mass is 16.4. The zero-order valence-corrected chi connectivity index (χ0v) is 13.8. The van der Waals surface area contributed by atoms with E-state index < -0.39 is 5.97 Å². The zero-order valence-electron chi connectivity index (χ0n) is 13.8. The second-order valence-corrected chi connectivity index (χ2v) is 6.67. The van der Waals surface area contributed by atoms with Gasteiger partial charge in [0.25, 0.3) is 0 Å². The maximum Gasteiger partial charge on any atom is 0.338 e. The summed E-state index contributed by atoms with van der Waals surface area (Å²) >= 11 is 0. The number of carboxylic acid groups (broad SMARTS) is 1. The van der Waals surface area contributed by atoms with E-state index in [1.165, 1.54) is 19.4 Å². The molecule has 0 radical (unpaired) electrons. The van der Waals surface area contributed by atoms with Gasteiger partial charge in [-0.2, -0.15) is 0 Å². The quantitative estimate of drug-likeness (QED) is 0.849. The molecule has 3 rings (SSSR count). The van der Waals surface area contributed by atoms with Gasteiger partial charge in [-0.1, -0.05) is 31.5 Å². The summed E-state index contributed by atoms with van der Waals surface area (Å²) in [6.07, 6.45) is 5.70. The smallest absolute Gasteiger partial charge is 0.338 e. The van der Waals surface area contributed by atoms with Crippen molar-refractivity contribution >= 4 is 16.9 Å². The van der Waals surface area contributed by atoms with E-state index in [9.17, 15) is 9.90 Å². The average Bonchev–Trinajstić information content (AvgIpc) is 2.92. The molecule has 0 spiro atoms. The molecular weight excluding hydrogens is 288 g/mol. The van der Waals surface area contributed by atoms with E-state index >= 15 is 0 Å². The molecule has 0 atom stereocenters. The van der Waals surface area contributed by atoms with Crippen LogP contribution < -0.4 is 0 Å². The molecule has 0 saturated carbocycles. The molecule has 23 heavy (non-hydrogen) atoms. The summed E-state index contributed by atoms with van der Waals surface area (Å²) in [5.41, 5.74) is 2.29. The molecular formula is C19H26N2O2. The lowest BCUT2D eigenvalue weighted by atomic mass is 9.91. The van der Waals surface area contributed by atoms with E-state index in [2.05, 4.69) is 16.8 Å². The third-order valence-corrected chi connectivity index (χ3v) is 5.03. The molecule has 1 aliphatic rings. The summed E-state index contributed by atoms with van der Waals surface area (Å²) in [5.74, 6) is -0.239. The number of nitrogens with one attached hydrogen (secondary N) is 1. The van der Waals surface area contributed by atoms with Crippen molar-refractivity contribution in [2.75, 3.05) is 19.6 Å². The molecule has 4 nitrogen and oxygen atoms in total. The van der Waals surface area contributed by atoms with Crippen molar-refractivity contribution in [3.05, 3.63) is 35.5 Å². The van der Waals surface area contributed by atoms with Crippen LogP contribution in [0, 0.1) is 5.92 Å². The van der Waals surface area contributed by atoms with E-state index in [4.69, 9.17) is 0 Å². The van der Waals surface area contributed by atoms with Crippen LogP contribution in [0.25, 0.3) is 10.9 Å². The van der Waals surface area contributed by atoms with Crippen LogP contribution in [0.5, 0.6) is 0 Å². The van der Waals surface area contributed by atoms with Crippen LogP contribution >= 0.6 is 0 Å². The van der Waals surface area contributed by atoms with Gasteiger partial charge in [0.05, 0.1) is 5.56 Å². The van der Waals surface area contributed by atoms with Crippen LogP contribution in [-0.2, 0) is 6.42 Å². The fourth-order valence-electron chi connectivity index (χ4n) is 3.68. The van der Waals surface area contributed by atoms with Crippen LogP contribution in [0.4, 0.5) is 0 Å². The summed E-state index contributed by atoms with van der Waals surface area (Å²) in [5, 5.41) is 10.4. The van der Waals surface area contributed by atoms with Gasteiger partial charge in [0.2, 0.25) is 0 Å². The minimum atomic E-state index is -0.821. The van der Waals surface area contributed by atoms with Gasteiger partial charge in [0.1, 0.15) is 0 Å². The Bertz CT molecular complexity index is 669. The third kappa shape index (κ3) is 3.58. The lowest BCUT2D eigenvalue weighted by Gasteiger charge is -2.31. The molecule has 0 unspecified atom stereocenters. The first-order chi connectivity index (χ1) is 11.2. The summed E-state index contributed by atoms with van der Waals surface area (Å²) in [4.78, 5) is 17.6. The number of aromatic amines is 1. The number of aromatic carboxylic acids is 1. The molecule has 124 valence electrons. The van der Waals surface area contributed by atoms with Gasteiger partial charge < -0.3 is 15.0 Å².